The van der Waals surface area contributed by atoms with E-state index in [1.807, 2.05) is 6.07 Å². The summed E-state index contributed by atoms with van der Waals surface area (Å²) in [5.74, 6) is 2.29. The van der Waals surface area contributed by atoms with Gasteiger partial charge in [-0.05, 0) is 29.3 Å². The van der Waals surface area contributed by atoms with Crippen LogP contribution in [0.25, 0.3) is 0 Å². The van der Waals surface area contributed by atoms with Gasteiger partial charge < -0.3 is 10.1 Å². The van der Waals surface area contributed by atoms with Crippen LogP contribution in [0.3, 0.4) is 0 Å². The van der Waals surface area contributed by atoms with Gasteiger partial charge in [0.2, 0.25) is 0 Å². The smallest absolute Gasteiger partial charge is 0.137 e. The number of rotatable bonds is 3. The van der Waals surface area contributed by atoms with Gasteiger partial charge in [0.1, 0.15) is 16.2 Å². The lowest BCUT2D eigenvalue weighted by atomic mass is 9.96. The molecule has 19 heavy (non-hydrogen) atoms. The largest absolute Gasteiger partial charge is 0.381 e. The lowest BCUT2D eigenvalue weighted by Crippen LogP contribution is -2.27. The van der Waals surface area contributed by atoms with Crippen LogP contribution in [0.15, 0.2) is 10.7 Å². The van der Waals surface area contributed by atoms with E-state index >= 15 is 0 Å². The first kappa shape index (κ1) is 14.7. The van der Waals surface area contributed by atoms with Gasteiger partial charge in [-0.15, -0.1) is 0 Å². The van der Waals surface area contributed by atoms with E-state index in [0.717, 1.165) is 35.9 Å². The normalized spacial score (nSPS) is 21.4. The fourth-order valence-corrected chi connectivity index (χ4v) is 2.51. The minimum Gasteiger partial charge on any atom is -0.381 e. The van der Waals surface area contributed by atoms with Crippen molar-refractivity contribution in [1.29, 1.82) is 0 Å². The first-order valence-electron chi connectivity index (χ1n) is 6.75. The summed E-state index contributed by atoms with van der Waals surface area (Å²) in [4.78, 5) is 9.07. The molecule has 0 amide bonds. The monoisotopic (exact) mass is 327 g/mol. The van der Waals surface area contributed by atoms with Crippen LogP contribution in [0.4, 0.5) is 5.82 Å². The molecule has 0 spiro atoms. The summed E-state index contributed by atoms with van der Waals surface area (Å²) < 4.78 is 6.26. The summed E-state index contributed by atoms with van der Waals surface area (Å²) in [7, 11) is 0. The van der Waals surface area contributed by atoms with Gasteiger partial charge >= 0.3 is 0 Å². The molecule has 4 nitrogen and oxygen atoms in total. The molecule has 0 bridgehead atoms. The fourth-order valence-electron chi connectivity index (χ4n) is 2.13. The second kappa shape index (κ2) is 5.75. The molecule has 0 aromatic carbocycles. The highest BCUT2D eigenvalue weighted by Gasteiger charge is 2.24. The average molecular weight is 328 g/mol. The highest BCUT2D eigenvalue weighted by Crippen LogP contribution is 2.24. The Morgan fingerprint density at radius 2 is 2.16 bits per heavy atom. The van der Waals surface area contributed by atoms with E-state index in [1.54, 1.807) is 0 Å². The van der Waals surface area contributed by atoms with E-state index in [2.05, 4.69) is 58.9 Å². The third kappa shape index (κ3) is 3.89. The van der Waals surface area contributed by atoms with Crippen LogP contribution in [0.1, 0.15) is 39.9 Å². The first-order valence-corrected chi connectivity index (χ1v) is 7.55. The molecule has 1 N–H and O–H groups in total. The Kier molecular flexibility index (Phi) is 4.46. The molecule has 1 aliphatic heterocycles. The predicted octanol–water partition coefficient (Wildman–Crippen LogP) is 3.37. The molecule has 2 atom stereocenters. The van der Waals surface area contributed by atoms with Gasteiger partial charge in [0.25, 0.3) is 0 Å². The maximum absolute atomic E-state index is 5.44. The summed E-state index contributed by atoms with van der Waals surface area (Å²) >= 11 is 3.46. The Morgan fingerprint density at radius 3 is 2.74 bits per heavy atom. The zero-order valence-corrected chi connectivity index (χ0v) is 13.6. The lowest BCUT2D eigenvalue weighted by Gasteiger charge is -2.22. The highest BCUT2D eigenvalue weighted by molar-refractivity contribution is 9.10. The Hall–Kier alpha value is -0.680. The maximum atomic E-state index is 5.44. The van der Waals surface area contributed by atoms with Gasteiger partial charge in [-0.25, -0.2) is 9.97 Å². The van der Waals surface area contributed by atoms with Crippen molar-refractivity contribution in [3.8, 4) is 0 Å². The topological polar surface area (TPSA) is 47.0 Å². The molecule has 0 radical (unpaired) electrons. The van der Waals surface area contributed by atoms with E-state index in [1.165, 1.54) is 0 Å². The number of aromatic nitrogens is 2. The molecule has 5 heteroatoms. The fraction of sp³-hybridized carbons (Fsp3) is 0.714. The summed E-state index contributed by atoms with van der Waals surface area (Å²) in [6.45, 7) is 10.3. The highest BCUT2D eigenvalue weighted by atomic mass is 79.9. The number of hydrogen-bond acceptors (Lipinski definition) is 4. The molecule has 1 aromatic rings. The van der Waals surface area contributed by atoms with Crippen LogP contribution in [0.5, 0.6) is 0 Å². The van der Waals surface area contributed by atoms with Gasteiger partial charge in [-0.2, -0.15) is 0 Å². The average Bonchev–Trinajstić information content (AvgIpc) is 2.80. The SMILES string of the molecule is CC(Nc1cc(Br)nc(C(C)(C)C)n1)C1CCOC1. The quantitative estimate of drug-likeness (QED) is 0.864. The van der Waals surface area contributed by atoms with E-state index in [4.69, 9.17) is 4.74 Å². The van der Waals surface area contributed by atoms with E-state index in [9.17, 15) is 0 Å². The zero-order chi connectivity index (χ0) is 14.0. The van der Waals surface area contributed by atoms with Gasteiger partial charge in [0.05, 0.1) is 6.61 Å². The van der Waals surface area contributed by atoms with Crippen LogP contribution >= 0.6 is 15.9 Å². The van der Waals surface area contributed by atoms with Crippen molar-refractivity contribution >= 4 is 21.7 Å². The second-order valence-corrected chi connectivity index (χ2v) is 7.02. The van der Waals surface area contributed by atoms with E-state index < -0.39 is 0 Å². The molecule has 0 aliphatic carbocycles. The van der Waals surface area contributed by atoms with Crippen LogP contribution in [-0.2, 0) is 10.2 Å². The van der Waals surface area contributed by atoms with Gasteiger partial charge in [-0.3, -0.25) is 0 Å². The second-order valence-electron chi connectivity index (χ2n) is 6.21. The van der Waals surface area contributed by atoms with Gasteiger partial charge in [0.15, 0.2) is 0 Å². The minimum atomic E-state index is -0.0556. The molecule has 1 aliphatic rings. The van der Waals surface area contributed by atoms with E-state index in [0.29, 0.717) is 12.0 Å². The molecule has 2 rings (SSSR count). The zero-order valence-electron chi connectivity index (χ0n) is 12.0. The van der Waals surface area contributed by atoms with Crippen LogP contribution in [0, 0.1) is 5.92 Å². The van der Waals surface area contributed by atoms with Gasteiger partial charge in [-0.1, -0.05) is 20.8 Å². The number of halogens is 1. The van der Waals surface area contributed by atoms with Crippen molar-refractivity contribution in [2.45, 2.75) is 45.6 Å². The minimum absolute atomic E-state index is 0.0556. The lowest BCUT2D eigenvalue weighted by molar-refractivity contribution is 0.183. The molecular weight excluding hydrogens is 306 g/mol. The summed E-state index contributed by atoms with van der Waals surface area (Å²) in [6, 6.07) is 2.29. The first-order chi connectivity index (χ1) is 8.86. The summed E-state index contributed by atoms with van der Waals surface area (Å²) in [5, 5.41) is 3.48. The van der Waals surface area contributed by atoms with Crippen molar-refractivity contribution in [2.24, 2.45) is 5.92 Å². The standard InChI is InChI=1S/C14H22BrN3O/c1-9(10-5-6-19-8-10)16-12-7-11(15)17-13(18-12)14(2,3)4/h7,9-10H,5-6,8H2,1-4H3,(H,16,17,18). The van der Waals surface area contributed by atoms with Crippen LogP contribution in [-0.4, -0.2) is 29.2 Å². The summed E-state index contributed by atoms with van der Waals surface area (Å²) in [6.07, 6.45) is 1.12. The van der Waals surface area contributed by atoms with Crippen LogP contribution in [0.2, 0.25) is 0 Å². The molecule has 2 heterocycles. The molecule has 2 unspecified atom stereocenters. The Labute approximate surface area is 123 Å². The molecule has 0 saturated carbocycles. The molecular formula is C14H22BrN3O. The molecule has 106 valence electrons. The third-order valence-corrected chi connectivity index (χ3v) is 3.82. The van der Waals surface area contributed by atoms with Crippen molar-refractivity contribution in [3.63, 3.8) is 0 Å². The number of ether oxygens (including phenoxy) is 1. The predicted molar refractivity (Wildman–Crippen MR) is 80.4 cm³/mol. The Morgan fingerprint density at radius 1 is 1.42 bits per heavy atom. The number of anilines is 1. The maximum Gasteiger partial charge on any atom is 0.137 e. The van der Waals surface area contributed by atoms with Crippen LogP contribution < -0.4 is 5.32 Å². The van der Waals surface area contributed by atoms with Gasteiger partial charge in [0, 0.05) is 30.0 Å². The molecule has 1 fully saturated rings. The van der Waals surface area contributed by atoms with E-state index in [-0.39, 0.29) is 5.41 Å². The number of nitrogens with zero attached hydrogens (tertiary/aromatic N) is 2. The van der Waals surface area contributed by atoms with Crippen molar-refractivity contribution in [1.82, 2.24) is 9.97 Å². The Balaban J connectivity index is 2.13. The Bertz CT molecular complexity index is 439. The number of hydrogen-bond donors (Lipinski definition) is 1. The third-order valence-electron chi connectivity index (χ3n) is 3.41. The van der Waals surface area contributed by atoms with Crippen molar-refractivity contribution < 1.29 is 4.74 Å². The molecule has 1 saturated heterocycles. The van der Waals surface area contributed by atoms with Crippen molar-refractivity contribution in [2.75, 3.05) is 18.5 Å². The van der Waals surface area contributed by atoms with Crippen molar-refractivity contribution in [3.05, 3.63) is 16.5 Å². The summed E-state index contributed by atoms with van der Waals surface area (Å²) in [5.41, 5.74) is -0.0556. The number of nitrogens with one attached hydrogen (secondary N) is 1. The molecule has 1 aromatic heterocycles.